The molecular weight excluding hydrogens is 801 g/mol. The smallest absolute Gasteiger partial charge is 0.0542 e. The highest BCUT2D eigenvalue weighted by Crippen LogP contribution is 2.42. The fourth-order valence-corrected chi connectivity index (χ4v) is 9.90. The molecule has 0 spiro atoms. The Balaban J connectivity index is 0.929. The fraction of sp³-hybridized carbons (Fsp3) is 0.0968. The number of fused-ring (bicyclic) bond motifs is 4. The van der Waals surface area contributed by atoms with Gasteiger partial charge in [0.05, 0.1) is 11.0 Å². The summed E-state index contributed by atoms with van der Waals surface area (Å²) in [5.41, 5.74) is 16.4. The van der Waals surface area contributed by atoms with Gasteiger partial charge in [0.25, 0.3) is 0 Å². The Morgan fingerprint density at radius 1 is 0.455 bits per heavy atom. The molecule has 4 heteroatoms. The molecule has 0 fully saturated rings. The molecule has 320 valence electrons. The second-order valence-electron chi connectivity index (χ2n) is 17.5. The summed E-state index contributed by atoms with van der Waals surface area (Å²) in [6.45, 7) is 5.35. The molecule has 2 atom stereocenters. The zero-order valence-corrected chi connectivity index (χ0v) is 37.5. The van der Waals surface area contributed by atoms with Crippen LogP contribution in [0, 0.1) is 5.92 Å². The number of hydrogen-bond donors (Lipinski definition) is 0. The molecule has 9 aromatic rings. The van der Waals surface area contributed by atoms with Crippen molar-refractivity contribution in [1.29, 1.82) is 0 Å². The van der Waals surface area contributed by atoms with Gasteiger partial charge in [-0.15, -0.1) is 0 Å². The van der Waals surface area contributed by atoms with Gasteiger partial charge in [0.1, 0.15) is 0 Å². The van der Waals surface area contributed by atoms with Crippen LogP contribution in [0.1, 0.15) is 31.7 Å². The lowest BCUT2D eigenvalue weighted by atomic mass is 9.96. The van der Waals surface area contributed by atoms with Crippen molar-refractivity contribution >= 4 is 67.3 Å². The van der Waals surface area contributed by atoms with E-state index in [1.54, 1.807) is 0 Å². The summed E-state index contributed by atoms with van der Waals surface area (Å²) < 4.78 is 2.43. The van der Waals surface area contributed by atoms with E-state index in [0.29, 0.717) is 5.92 Å². The fourth-order valence-electron chi connectivity index (χ4n) is 9.90. The monoisotopic (exact) mass is 852 g/mol. The van der Waals surface area contributed by atoms with E-state index in [-0.39, 0.29) is 5.92 Å². The van der Waals surface area contributed by atoms with Gasteiger partial charge in [-0.25, -0.2) is 0 Å². The molecule has 1 aliphatic heterocycles. The van der Waals surface area contributed by atoms with Crippen molar-refractivity contribution in [2.75, 3.05) is 21.2 Å². The number of benzene rings is 8. The number of para-hydroxylation sites is 5. The Morgan fingerprint density at radius 2 is 1.02 bits per heavy atom. The molecule has 1 aliphatic carbocycles. The first-order valence-corrected chi connectivity index (χ1v) is 23.2. The van der Waals surface area contributed by atoms with Crippen molar-refractivity contribution in [3.8, 4) is 11.1 Å². The third kappa shape index (κ3) is 7.81. The van der Waals surface area contributed by atoms with Crippen LogP contribution in [-0.4, -0.2) is 11.1 Å². The van der Waals surface area contributed by atoms with Crippen LogP contribution >= 0.6 is 0 Å². The second kappa shape index (κ2) is 17.8. The lowest BCUT2D eigenvalue weighted by Crippen LogP contribution is -2.18. The van der Waals surface area contributed by atoms with Crippen LogP contribution in [-0.2, 0) is 0 Å². The molecule has 66 heavy (non-hydrogen) atoms. The highest BCUT2D eigenvalue weighted by Gasteiger charge is 2.22. The Bertz CT molecular complexity index is 3270. The minimum absolute atomic E-state index is 0.160. The minimum Gasteiger partial charge on any atom is -0.337 e. The van der Waals surface area contributed by atoms with Crippen molar-refractivity contribution in [3.05, 3.63) is 254 Å². The van der Waals surface area contributed by atoms with E-state index < -0.39 is 0 Å². The number of allylic oxidation sites excluding steroid dienone is 6. The van der Waals surface area contributed by atoms with Gasteiger partial charge < -0.3 is 19.3 Å². The van der Waals surface area contributed by atoms with Crippen LogP contribution < -0.4 is 14.7 Å². The number of nitrogens with zero attached hydrogens (tertiary/aromatic N) is 4. The van der Waals surface area contributed by atoms with Gasteiger partial charge in [0.2, 0.25) is 0 Å². The highest BCUT2D eigenvalue weighted by atomic mass is 15.2. The van der Waals surface area contributed by atoms with Gasteiger partial charge in [0.15, 0.2) is 0 Å². The van der Waals surface area contributed by atoms with Crippen molar-refractivity contribution in [3.63, 3.8) is 0 Å². The quantitative estimate of drug-likeness (QED) is 0.144. The normalized spacial score (nSPS) is 17.2. The van der Waals surface area contributed by atoms with Gasteiger partial charge in [-0.3, -0.25) is 0 Å². The zero-order valence-electron chi connectivity index (χ0n) is 37.5. The molecule has 0 radical (unpaired) electrons. The van der Waals surface area contributed by atoms with Crippen molar-refractivity contribution in [1.82, 2.24) is 4.57 Å². The summed E-state index contributed by atoms with van der Waals surface area (Å²) in [7, 11) is 0. The van der Waals surface area contributed by atoms with Crippen LogP contribution in [0.4, 0.5) is 39.8 Å². The molecule has 4 nitrogen and oxygen atoms in total. The molecule has 0 bridgehead atoms. The first kappa shape index (κ1) is 40.7. The SMILES string of the molecule is CC1C=C(n2c3ccccc3c3cc(N(c4ccccc4)c4ccc(-c5ccc(N(C6=C/C(C)c7ccccc7N(c7ccccc7)C/C=C\6)c6ccccc6)cc5)cc4)ccc32)C=CC1. The number of aromatic nitrogens is 1. The first-order chi connectivity index (χ1) is 32.6. The van der Waals surface area contributed by atoms with E-state index in [0.717, 1.165) is 47.1 Å². The molecule has 2 heterocycles. The molecule has 8 aromatic carbocycles. The highest BCUT2D eigenvalue weighted by molar-refractivity contribution is 6.11. The predicted molar refractivity (Wildman–Crippen MR) is 281 cm³/mol. The molecule has 0 saturated carbocycles. The summed E-state index contributed by atoms with van der Waals surface area (Å²) in [5.74, 6) is 0.665. The summed E-state index contributed by atoms with van der Waals surface area (Å²) in [6.07, 6.45) is 15.1. The van der Waals surface area contributed by atoms with Gasteiger partial charge >= 0.3 is 0 Å². The van der Waals surface area contributed by atoms with Crippen molar-refractivity contribution in [2.24, 2.45) is 5.92 Å². The average Bonchev–Trinajstić information content (AvgIpc) is 3.73. The van der Waals surface area contributed by atoms with E-state index in [1.807, 2.05) is 0 Å². The molecule has 1 aromatic heterocycles. The van der Waals surface area contributed by atoms with Crippen LogP contribution in [0.25, 0.3) is 38.6 Å². The lowest BCUT2D eigenvalue weighted by molar-refractivity contribution is 0.735. The van der Waals surface area contributed by atoms with E-state index in [1.165, 1.54) is 55.6 Å². The maximum atomic E-state index is 2.43. The van der Waals surface area contributed by atoms with Gasteiger partial charge in [-0.05, 0) is 132 Å². The maximum absolute atomic E-state index is 2.43. The van der Waals surface area contributed by atoms with Crippen LogP contribution in [0.15, 0.2) is 248 Å². The molecule has 11 rings (SSSR count). The topological polar surface area (TPSA) is 14.7 Å². The Hall–Kier alpha value is -8.08. The largest absolute Gasteiger partial charge is 0.337 e. The molecule has 0 amide bonds. The molecule has 0 N–H and O–H groups in total. The summed E-state index contributed by atoms with van der Waals surface area (Å²) in [6, 6.07) is 74.7. The molecule has 2 aliphatic rings. The average molecular weight is 853 g/mol. The summed E-state index contributed by atoms with van der Waals surface area (Å²) >= 11 is 0. The zero-order chi connectivity index (χ0) is 44.4. The molecular formula is C62H52N4. The van der Waals surface area contributed by atoms with E-state index in [4.69, 9.17) is 0 Å². The van der Waals surface area contributed by atoms with Crippen LogP contribution in [0.3, 0.4) is 0 Å². The molecule has 2 unspecified atom stereocenters. The van der Waals surface area contributed by atoms with E-state index >= 15 is 0 Å². The number of anilines is 7. The first-order valence-electron chi connectivity index (χ1n) is 23.2. The lowest BCUT2D eigenvalue weighted by Gasteiger charge is -2.28. The van der Waals surface area contributed by atoms with Gasteiger partial charge in [-0.2, -0.15) is 0 Å². The predicted octanol–water partition coefficient (Wildman–Crippen LogP) is 16.9. The maximum Gasteiger partial charge on any atom is 0.0542 e. The van der Waals surface area contributed by atoms with E-state index in [2.05, 4.69) is 276 Å². The third-order valence-electron chi connectivity index (χ3n) is 13.1. The minimum atomic E-state index is 0.160. The standard InChI is InChI=1S/C62H52N4/c1-45-18-16-25-54(42-45)66-61-30-15-13-28-58(61)59-44-56(39-40-62(59)66)65(51-23-10-5-11-24-51)53-37-33-48(34-38-53)47-31-35-52(36-32-47)64(50-21-8-4-9-22-50)55-26-17-41-63(49-19-6-3-7-20-49)60-29-14-12-27-57(60)46(2)43-55/h3-17,19-40,42-46H,18,41H2,1-2H3/b26-17-,55-43+. The van der Waals surface area contributed by atoms with E-state index in [9.17, 15) is 0 Å². The van der Waals surface area contributed by atoms with Crippen molar-refractivity contribution in [2.45, 2.75) is 26.2 Å². The number of rotatable bonds is 9. The van der Waals surface area contributed by atoms with Crippen molar-refractivity contribution < 1.29 is 0 Å². The number of hydrogen-bond acceptors (Lipinski definition) is 3. The van der Waals surface area contributed by atoms with Gasteiger partial charge in [-0.1, -0.05) is 153 Å². The Labute approximate surface area is 388 Å². The van der Waals surface area contributed by atoms with Crippen LogP contribution in [0.5, 0.6) is 0 Å². The summed E-state index contributed by atoms with van der Waals surface area (Å²) in [5, 5.41) is 2.50. The third-order valence-corrected chi connectivity index (χ3v) is 13.1. The van der Waals surface area contributed by atoms with Crippen LogP contribution in [0.2, 0.25) is 0 Å². The van der Waals surface area contributed by atoms with Gasteiger partial charge in [0, 0.05) is 74.4 Å². The summed E-state index contributed by atoms with van der Waals surface area (Å²) in [4.78, 5) is 7.17. The molecule has 0 saturated heterocycles. The Kier molecular flexibility index (Phi) is 11.0. The second-order valence-corrected chi connectivity index (χ2v) is 17.5. The Morgan fingerprint density at radius 3 is 1.71 bits per heavy atom.